The van der Waals surface area contributed by atoms with Gasteiger partial charge in [-0.1, -0.05) is 18.1 Å². The highest BCUT2D eigenvalue weighted by Crippen LogP contribution is 2.62. The normalized spacial score (nSPS) is 24.4. The van der Waals surface area contributed by atoms with Crippen molar-refractivity contribution in [1.29, 1.82) is 0 Å². The predicted octanol–water partition coefficient (Wildman–Crippen LogP) is 3.98. The minimum Gasteiger partial charge on any atom is -0.495 e. The molecule has 3 atom stereocenters. The molecule has 1 spiro atoms. The number of carbonyl (C=O) groups is 1. The molecule has 0 bridgehead atoms. The number of hydrogen-bond acceptors (Lipinski definition) is 9. The van der Waals surface area contributed by atoms with Gasteiger partial charge in [0.2, 0.25) is 0 Å². The van der Waals surface area contributed by atoms with Crippen LogP contribution in [0.2, 0.25) is 0 Å². The first-order valence-electron chi connectivity index (χ1n) is 15.2. The molecule has 11 nitrogen and oxygen atoms in total. The molecular weight excluding hydrogens is 582 g/mol. The van der Waals surface area contributed by atoms with Crippen LogP contribution >= 0.6 is 0 Å². The zero-order valence-electron chi connectivity index (χ0n) is 25.8. The number of anilines is 2. The van der Waals surface area contributed by atoms with Crippen LogP contribution in [0.1, 0.15) is 48.2 Å². The molecule has 1 saturated carbocycles. The minimum absolute atomic E-state index is 0.0107. The SMILES string of the molecule is COc1cc(C(=O)N2CCN(C)[C@H](C)C2)cc(OC)c1S(=O)(=O)Nc1noc2c1C[C@@]1(C[C@@H]1C)c1ccc(N3CCC3)cc1-2. The Morgan fingerprint density at radius 1 is 1.07 bits per heavy atom. The van der Waals surface area contributed by atoms with Crippen molar-refractivity contribution in [2.45, 2.75) is 49.5 Å². The fourth-order valence-electron chi connectivity index (χ4n) is 7.07. The van der Waals surface area contributed by atoms with Gasteiger partial charge in [-0.2, -0.15) is 0 Å². The van der Waals surface area contributed by atoms with Gasteiger partial charge in [0.1, 0.15) is 11.5 Å². The molecule has 1 aromatic heterocycles. The highest BCUT2D eigenvalue weighted by atomic mass is 32.2. The standard InChI is InChI=1S/C32H39N5O6S/c1-19-16-32(19)17-24-28(23-15-22(7-8-25(23)32)36-9-6-10-36)43-33-30(24)34-44(39,40)29-26(41-4)13-21(14-27(29)42-5)31(38)37-12-11-35(3)20(2)18-37/h7-8,13-15,19-20H,6,9-12,16-18H2,1-5H3,(H,33,34)/t19-,20+,32+/m0/s1. The highest BCUT2D eigenvalue weighted by Gasteiger charge is 2.56. The number of likely N-dealkylation sites (N-methyl/N-ethyl adjacent to an activating group) is 1. The quantitative estimate of drug-likeness (QED) is 0.418. The van der Waals surface area contributed by atoms with Crippen molar-refractivity contribution in [3.63, 3.8) is 0 Å². The molecule has 7 rings (SSSR count). The summed E-state index contributed by atoms with van der Waals surface area (Å²) in [5.74, 6) is 1.04. The Morgan fingerprint density at radius 3 is 2.36 bits per heavy atom. The average molecular weight is 622 g/mol. The van der Waals surface area contributed by atoms with Crippen molar-refractivity contribution < 1.29 is 27.2 Å². The second kappa shape index (κ2) is 10.4. The van der Waals surface area contributed by atoms with Gasteiger partial charge >= 0.3 is 0 Å². The molecule has 3 fully saturated rings. The van der Waals surface area contributed by atoms with E-state index in [1.165, 1.54) is 38.3 Å². The first-order chi connectivity index (χ1) is 21.1. The largest absolute Gasteiger partial charge is 0.495 e. The summed E-state index contributed by atoms with van der Waals surface area (Å²) in [7, 11) is 0.517. The van der Waals surface area contributed by atoms with Crippen LogP contribution in [0.4, 0.5) is 11.5 Å². The van der Waals surface area contributed by atoms with Crippen molar-refractivity contribution in [2.24, 2.45) is 5.92 Å². The van der Waals surface area contributed by atoms with Crippen LogP contribution in [-0.2, 0) is 21.9 Å². The number of sulfonamides is 1. The number of hydrogen-bond donors (Lipinski definition) is 1. The highest BCUT2D eigenvalue weighted by molar-refractivity contribution is 7.93. The molecule has 1 amide bonds. The molecule has 3 heterocycles. The summed E-state index contributed by atoms with van der Waals surface area (Å²) in [6, 6.07) is 9.70. The molecule has 234 valence electrons. The molecule has 0 radical (unpaired) electrons. The first kappa shape index (κ1) is 29.0. The van der Waals surface area contributed by atoms with Gasteiger partial charge in [0.25, 0.3) is 15.9 Å². The lowest BCUT2D eigenvalue weighted by molar-refractivity contribution is 0.0571. The molecule has 2 aromatic carbocycles. The lowest BCUT2D eigenvalue weighted by atomic mass is 9.77. The fraction of sp³-hybridized carbons (Fsp3) is 0.500. The average Bonchev–Trinajstić information content (AvgIpc) is 3.45. The van der Waals surface area contributed by atoms with Crippen LogP contribution in [-0.4, -0.2) is 89.3 Å². The molecule has 3 aromatic rings. The number of fused-ring (bicyclic) bond motifs is 4. The molecule has 4 aliphatic rings. The first-order valence-corrected chi connectivity index (χ1v) is 16.7. The minimum atomic E-state index is -4.27. The Labute approximate surface area is 258 Å². The second-order valence-electron chi connectivity index (χ2n) is 12.7. The van der Waals surface area contributed by atoms with E-state index < -0.39 is 10.0 Å². The lowest BCUT2D eigenvalue weighted by Crippen LogP contribution is -2.52. The third-order valence-corrected chi connectivity index (χ3v) is 11.6. The number of ether oxygens (including phenoxy) is 2. The van der Waals surface area contributed by atoms with Crippen molar-refractivity contribution in [3.8, 4) is 22.8 Å². The van der Waals surface area contributed by atoms with Gasteiger partial charge in [0.05, 0.1) is 14.2 Å². The molecule has 2 aliphatic carbocycles. The van der Waals surface area contributed by atoms with Gasteiger partial charge in [-0.25, -0.2) is 8.42 Å². The van der Waals surface area contributed by atoms with E-state index in [2.05, 4.69) is 51.7 Å². The predicted molar refractivity (Wildman–Crippen MR) is 166 cm³/mol. The molecule has 0 unspecified atom stereocenters. The van der Waals surface area contributed by atoms with E-state index in [4.69, 9.17) is 14.0 Å². The number of benzene rings is 2. The van der Waals surface area contributed by atoms with Crippen LogP contribution in [0.3, 0.4) is 0 Å². The smallest absolute Gasteiger partial charge is 0.270 e. The Kier molecular flexibility index (Phi) is 6.85. The number of nitrogens with one attached hydrogen (secondary N) is 1. The number of rotatable bonds is 7. The molecular formula is C32H39N5O6S. The molecule has 1 N–H and O–H groups in total. The number of aromatic nitrogens is 1. The molecule has 2 aliphatic heterocycles. The fourth-order valence-corrected chi connectivity index (χ4v) is 8.40. The van der Waals surface area contributed by atoms with Gasteiger partial charge in [-0.15, -0.1) is 0 Å². The van der Waals surface area contributed by atoms with E-state index in [0.717, 1.165) is 42.9 Å². The van der Waals surface area contributed by atoms with E-state index in [9.17, 15) is 13.2 Å². The van der Waals surface area contributed by atoms with Gasteiger partial charge in [0.15, 0.2) is 16.5 Å². The lowest BCUT2D eigenvalue weighted by Gasteiger charge is -2.37. The van der Waals surface area contributed by atoms with Gasteiger partial charge < -0.3 is 28.7 Å². The summed E-state index contributed by atoms with van der Waals surface area (Å²) in [5.41, 5.74) is 4.34. The van der Waals surface area contributed by atoms with Crippen LogP contribution in [0.15, 0.2) is 39.8 Å². The number of methoxy groups -OCH3 is 2. The number of piperazine rings is 1. The maximum Gasteiger partial charge on any atom is 0.270 e. The van der Waals surface area contributed by atoms with Crippen molar-refractivity contribution in [3.05, 3.63) is 47.0 Å². The summed E-state index contributed by atoms with van der Waals surface area (Å²) in [4.78, 5) is 19.6. The van der Waals surface area contributed by atoms with Gasteiger partial charge in [0, 0.05) is 66.6 Å². The van der Waals surface area contributed by atoms with Crippen LogP contribution in [0.5, 0.6) is 11.5 Å². The topological polar surface area (TPSA) is 117 Å². The van der Waals surface area contributed by atoms with E-state index in [0.29, 0.717) is 36.8 Å². The summed E-state index contributed by atoms with van der Waals surface area (Å²) in [5, 5.41) is 4.24. The van der Waals surface area contributed by atoms with Crippen LogP contribution < -0.4 is 19.1 Å². The van der Waals surface area contributed by atoms with Gasteiger partial charge in [-0.05, 0) is 69.0 Å². The zero-order chi connectivity index (χ0) is 31.0. The van der Waals surface area contributed by atoms with E-state index >= 15 is 0 Å². The Morgan fingerprint density at radius 2 is 1.77 bits per heavy atom. The van der Waals surface area contributed by atoms with E-state index in [-0.39, 0.29) is 39.6 Å². The van der Waals surface area contributed by atoms with E-state index in [1.54, 1.807) is 4.90 Å². The van der Waals surface area contributed by atoms with Crippen LogP contribution in [0.25, 0.3) is 11.3 Å². The summed E-state index contributed by atoms with van der Waals surface area (Å²) in [6.07, 6.45) is 2.82. The molecule has 2 saturated heterocycles. The molecule has 12 heteroatoms. The Hall–Kier alpha value is -3.77. The van der Waals surface area contributed by atoms with Crippen LogP contribution in [0, 0.1) is 5.92 Å². The summed E-state index contributed by atoms with van der Waals surface area (Å²) >= 11 is 0. The van der Waals surface area contributed by atoms with Gasteiger partial charge in [-0.3, -0.25) is 9.52 Å². The summed E-state index contributed by atoms with van der Waals surface area (Å²) < 4.78 is 47.7. The number of carbonyl (C=O) groups excluding carboxylic acids is 1. The number of nitrogens with zero attached hydrogens (tertiary/aromatic N) is 4. The van der Waals surface area contributed by atoms with E-state index in [1.807, 2.05) is 7.05 Å². The third kappa shape index (κ3) is 4.52. The zero-order valence-corrected chi connectivity index (χ0v) is 26.7. The Bertz CT molecular complexity index is 1730. The van der Waals surface area contributed by atoms with Crippen molar-refractivity contribution >= 4 is 27.4 Å². The third-order valence-electron chi connectivity index (χ3n) is 10.2. The Balaban J connectivity index is 1.23. The maximum absolute atomic E-state index is 14.0. The molecule has 44 heavy (non-hydrogen) atoms. The monoisotopic (exact) mass is 621 g/mol. The number of amides is 1. The maximum atomic E-state index is 14.0. The van der Waals surface area contributed by atoms with Crippen molar-refractivity contribution in [2.75, 3.05) is 63.6 Å². The van der Waals surface area contributed by atoms with Crippen molar-refractivity contribution in [1.82, 2.24) is 15.0 Å². The summed E-state index contributed by atoms with van der Waals surface area (Å²) in [6.45, 7) is 8.25. The second-order valence-corrected chi connectivity index (χ2v) is 14.4.